The van der Waals surface area contributed by atoms with Gasteiger partial charge in [-0.05, 0) is 81.7 Å². The smallest absolute Gasteiger partial charge is 0.255 e. The molecule has 0 radical (unpaired) electrons. The number of oxazole rings is 1. The lowest BCUT2D eigenvalue weighted by atomic mass is 10.1. The molecule has 2 aromatic heterocycles. The average Bonchev–Trinajstić information content (AvgIpc) is 3.40. The topological polar surface area (TPSA) is 51.3 Å². The monoisotopic (exact) mass is 495 g/mol. The van der Waals surface area contributed by atoms with Crippen molar-refractivity contribution >= 4 is 11.6 Å². The summed E-state index contributed by atoms with van der Waals surface area (Å²) in [6.45, 7) is 4.68. The van der Waals surface area contributed by atoms with Crippen LogP contribution in [-0.4, -0.2) is 28.0 Å². The normalized spacial score (nSPS) is 16.2. The van der Waals surface area contributed by atoms with Crippen LogP contribution in [0.3, 0.4) is 0 Å². The molecule has 0 unspecified atom stereocenters. The Bertz CT molecular complexity index is 1470. The van der Waals surface area contributed by atoms with Crippen molar-refractivity contribution in [1.82, 2.24) is 14.5 Å². The molecule has 0 N–H and O–H groups in total. The molecule has 2 aromatic carbocycles. The van der Waals surface area contributed by atoms with Crippen LogP contribution >= 0.6 is 11.6 Å². The zero-order valence-electron chi connectivity index (χ0n) is 19.6. The fraction of sp³-hybridized carbons (Fsp3) is 0.259. The first-order valence-corrected chi connectivity index (χ1v) is 11.8. The summed E-state index contributed by atoms with van der Waals surface area (Å²) < 4.78 is 36.2. The number of hydrogen-bond acceptors (Lipinski definition) is 4. The van der Waals surface area contributed by atoms with Gasteiger partial charge in [0.15, 0.2) is 5.76 Å². The highest BCUT2D eigenvalue weighted by atomic mass is 35.5. The first-order chi connectivity index (χ1) is 16.7. The summed E-state index contributed by atoms with van der Waals surface area (Å²) in [5.74, 6) is -0.750. The second-order valence-corrected chi connectivity index (χ2v) is 9.44. The molecule has 3 heterocycles. The number of aromatic nitrogens is 2. The number of halogens is 3. The highest BCUT2D eigenvalue weighted by Crippen LogP contribution is 2.39. The molecule has 1 aliphatic rings. The van der Waals surface area contributed by atoms with Gasteiger partial charge in [0.2, 0.25) is 5.89 Å². The highest BCUT2D eigenvalue weighted by molar-refractivity contribution is 6.30. The van der Waals surface area contributed by atoms with E-state index in [1.165, 1.54) is 22.8 Å². The molecular formula is C27H24ClF2N3O2. The molecule has 0 bridgehead atoms. The molecule has 1 atom stereocenters. The lowest BCUT2D eigenvalue weighted by molar-refractivity contribution is 0.269. The lowest BCUT2D eigenvalue weighted by Crippen LogP contribution is -2.19. The van der Waals surface area contributed by atoms with Crippen LogP contribution in [0.1, 0.15) is 35.9 Å². The molecule has 180 valence electrons. The van der Waals surface area contributed by atoms with Crippen molar-refractivity contribution in [2.75, 3.05) is 13.6 Å². The third-order valence-corrected chi connectivity index (χ3v) is 6.72. The molecule has 0 spiro atoms. The molecule has 0 saturated carbocycles. The van der Waals surface area contributed by atoms with Gasteiger partial charge >= 0.3 is 0 Å². The van der Waals surface area contributed by atoms with Gasteiger partial charge in [0.25, 0.3) is 5.56 Å². The number of pyridine rings is 1. The molecule has 0 amide bonds. The van der Waals surface area contributed by atoms with Gasteiger partial charge in [-0.3, -0.25) is 14.3 Å². The predicted octanol–water partition coefficient (Wildman–Crippen LogP) is 6.47. The van der Waals surface area contributed by atoms with Gasteiger partial charge < -0.3 is 4.42 Å². The molecular weight excluding hydrogens is 472 g/mol. The minimum Gasteiger partial charge on any atom is -0.438 e. The SMILES string of the molecule is Cc1cc(Cl)cc(C)c1-n1cc(-c2nc([C@H]3CCCN3C)oc2-c2ccc(F)cc2F)ccc1=O. The van der Waals surface area contributed by atoms with Crippen LogP contribution in [0.5, 0.6) is 0 Å². The minimum atomic E-state index is -0.744. The fourth-order valence-corrected chi connectivity index (χ4v) is 5.17. The van der Waals surface area contributed by atoms with Crippen LogP contribution in [0.25, 0.3) is 28.3 Å². The first-order valence-electron chi connectivity index (χ1n) is 11.4. The van der Waals surface area contributed by atoms with Crippen molar-refractivity contribution in [2.24, 2.45) is 0 Å². The summed E-state index contributed by atoms with van der Waals surface area (Å²) >= 11 is 6.19. The number of benzene rings is 2. The van der Waals surface area contributed by atoms with Crippen LogP contribution < -0.4 is 5.56 Å². The summed E-state index contributed by atoms with van der Waals surface area (Å²) in [6, 6.07) is 10.0. The molecule has 4 aromatic rings. The second kappa shape index (κ2) is 9.06. The largest absolute Gasteiger partial charge is 0.438 e. The Kier molecular flexibility index (Phi) is 6.07. The van der Waals surface area contributed by atoms with E-state index in [0.717, 1.165) is 42.3 Å². The Morgan fingerprint density at radius 3 is 2.49 bits per heavy atom. The highest BCUT2D eigenvalue weighted by Gasteiger charge is 2.30. The van der Waals surface area contributed by atoms with Gasteiger partial charge in [-0.1, -0.05) is 11.6 Å². The van der Waals surface area contributed by atoms with Crippen LogP contribution in [-0.2, 0) is 0 Å². The number of likely N-dealkylation sites (tertiary alicyclic amines) is 1. The molecule has 1 aliphatic heterocycles. The van der Waals surface area contributed by atoms with E-state index in [9.17, 15) is 13.6 Å². The van der Waals surface area contributed by atoms with Gasteiger partial charge in [-0.2, -0.15) is 0 Å². The maximum absolute atomic E-state index is 14.8. The molecule has 5 rings (SSSR count). The van der Waals surface area contributed by atoms with E-state index >= 15 is 0 Å². The van der Waals surface area contributed by atoms with Crippen molar-refractivity contribution in [3.63, 3.8) is 0 Å². The molecule has 35 heavy (non-hydrogen) atoms. The van der Waals surface area contributed by atoms with E-state index in [0.29, 0.717) is 22.2 Å². The second-order valence-electron chi connectivity index (χ2n) is 9.01. The van der Waals surface area contributed by atoms with Crippen molar-refractivity contribution in [2.45, 2.75) is 32.7 Å². The predicted molar refractivity (Wildman–Crippen MR) is 132 cm³/mol. The van der Waals surface area contributed by atoms with E-state index in [4.69, 9.17) is 21.0 Å². The Balaban J connectivity index is 1.72. The van der Waals surface area contributed by atoms with Crippen molar-refractivity contribution < 1.29 is 13.2 Å². The Labute approximate surface area is 206 Å². The Morgan fingerprint density at radius 2 is 1.83 bits per heavy atom. The lowest BCUT2D eigenvalue weighted by Gasteiger charge is -2.15. The van der Waals surface area contributed by atoms with Crippen LogP contribution in [0.4, 0.5) is 8.78 Å². The van der Waals surface area contributed by atoms with Gasteiger partial charge in [-0.25, -0.2) is 13.8 Å². The van der Waals surface area contributed by atoms with E-state index < -0.39 is 11.6 Å². The standard InChI is InChI=1S/C27H24ClF2N3O2/c1-15-11-18(28)12-16(2)25(15)33-14-17(6-9-23(33)34)24-26(20-8-7-19(29)13-21(20)30)35-27(31-24)22-5-4-10-32(22)3/h6-9,11-14,22H,4-5,10H2,1-3H3/t22-/m1/s1. The maximum atomic E-state index is 14.8. The molecule has 0 aliphatic carbocycles. The van der Waals surface area contributed by atoms with Crippen molar-refractivity contribution in [3.05, 3.63) is 92.7 Å². The number of aryl methyl sites for hydroxylation is 2. The van der Waals surface area contributed by atoms with Gasteiger partial charge in [0, 0.05) is 28.9 Å². The number of hydrogen-bond donors (Lipinski definition) is 0. The number of rotatable bonds is 4. The van der Waals surface area contributed by atoms with Crippen molar-refractivity contribution in [3.8, 4) is 28.3 Å². The third-order valence-electron chi connectivity index (χ3n) is 6.51. The van der Waals surface area contributed by atoms with Crippen LogP contribution in [0, 0.1) is 25.5 Å². The van der Waals surface area contributed by atoms with Gasteiger partial charge in [0.05, 0.1) is 17.3 Å². The Hall–Kier alpha value is -3.29. The van der Waals surface area contributed by atoms with E-state index in [2.05, 4.69) is 4.90 Å². The minimum absolute atomic E-state index is 0.0438. The van der Waals surface area contributed by atoms with Crippen LogP contribution in [0.15, 0.2) is 57.9 Å². The summed E-state index contributed by atoms with van der Waals surface area (Å²) in [7, 11) is 1.99. The first kappa shape index (κ1) is 23.5. The molecule has 8 heteroatoms. The van der Waals surface area contributed by atoms with Gasteiger partial charge in [-0.15, -0.1) is 0 Å². The summed E-state index contributed by atoms with van der Waals surface area (Å²) in [5.41, 5.74) is 3.25. The Morgan fingerprint density at radius 1 is 1.09 bits per heavy atom. The molecule has 5 nitrogen and oxygen atoms in total. The van der Waals surface area contributed by atoms with Crippen LogP contribution in [0.2, 0.25) is 5.02 Å². The van der Waals surface area contributed by atoms with E-state index in [1.807, 2.05) is 20.9 Å². The molecule has 1 fully saturated rings. The maximum Gasteiger partial charge on any atom is 0.255 e. The third kappa shape index (κ3) is 4.30. The zero-order chi connectivity index (χ0) is 24.9. The van der Waals surface area contributed by atoms with E-state index in [-0.39, 0.29) is 22.9 Å². The molecule has 1 saturated heterocycles. The zero-order valence-corrected chi connectivity index (χ0v) is 20.4. The fourth-order valence-electron chi connectivity index (χ4n) is 4.84. The average molecular weight is 496 g/mol. The number of nitrogens with zero attached hydrogens (tertiary/aromatic N) is 3. The summed E-state index contributed by atoms with van der Waals surface area (Å²) in [4.78, 5) is 19.8. The van der Waals surface area contributed by atoms with E-state index in [1.54, 1.807) is 24.4 Å². The summed E-state index contributed by atoms with van der Waals surface area (Å²) in [6.07, 6.45) is 3.54. The summed E-state index contributed by atoms with van der Waals surface area (Å²) in [5, 5.41) is 0.587. The van der Waals surface area contributed by atoms with Crippen molar-refractivity contribution in [1.29, 1.82) is 0 Å². The van der Waals surface area contributed by atoms with Gasteiger partial charge in [0.1, 0.15) is 17.3 Å². The quantitative estimate of drug-likeness (QED) is 0.325.